The highest BCUT2D eigenvalue weighted by Gasteiger charge is 2.28. The molecule has 13 nitrogen and oxygen atoms in total. The van der Waals surface area contributed by atoms with E-state index in [9.17, 15) is 9.59 Å². The number of likely N-dealkylation sites (N-methyl/N-ethyl adjacent to an activating group) is 1. The van der Waals surface area contributed by atoms with Gasteiger partial charge in [0.05, 0.1) is 25.3 Å². The van der Waals surface area contributed by atoms with E-state index in [1.165, 1.54) is 25.1 Å². The quantitative estimate of drug-likeness (QED) is 0.152. The number of aromatic nitrogens is 4. The number of likely N-dealkylation sites (tertiary alicyclic amines) is 1. The number of nitrogens with zero attached hydrogens (tertiary/aromatic N) is 7. The number of amides is 2. The van der Waals surface area contributed by atoms with Crippen LogP contribution in [-0.4, -0.2) is 87.2 Å². The van der Waals surface area contributed by atoms with E-state index < -0.39 is 0 Å². The van der Waals surface area contributed by atoms with Crippen molar-refractivity contribution in [1.82, 2.24) is 29.5 Å². The highest BCUT2D eigenvalue weighted by Crippen LogP contribution is 2.35. The molecule has 5 aromatic rings. The minimum absolute atomic E-state index is 0.0122. The molecule has 7 rings (SSSR count). The molecule has 1 unspecified atom stereocenters. The molecule has 52 heavy (non-hydrogen) atoms. The van der Waals surface area contributed by atoms with Crippen LogP contribution in [0.1, 0.15) is 40.7 Å². The number of ether oxygens (including phenoxy) is 2. The molecule has 1 aliphatic carbocycles. The van der Waals surface area contributed by atoms with Crippen molar-refractivity contribution in [3.63, 3.8) is 0 Å². The Kier molecular flexibility index (Phi) is 10.1. The number of rotatable bonds is 13. The molecule has 1 saturated carbocycles. The first-order valence-corrected chi connectivity index (χ1v) is 17.2. The summed E-state index contributed by atoms with van der Waals surface area (Å²) < 4.78 is 13.6. The molecule has 3 aromatic heterocycles. The fourth-order valence-electron chi connectivity index (χ4n) is 6.19. The second-order valence-electron chi connectivity index (χ2n) is 13.0. The molecule has 2 amide bonds. The minimum atomic E-state index is -0.364. The van der Waals surface area contributed by atoms with Gasteiger partial charge < -0.3 is 25.0 Å². The first-order chi connectivity index (χ1) is 25.4. The second-order valence-corrected chi connectivity index (χ2v) is 13.0. The monoisotopic (exact) mass is 697 g/mol. The second kappa shape index (κ2) is 15.3. The number of hydrogen-bond acceptors (Lipinski definition) is 10. The number of benzene rings is 2. The predicted molar refractivity (Wildman–Crippen MR) is 196 cm³/mol. The summed E-state index contributed by atoms with van der Waals surface area (Å²) in [6.45, 7) is 2.42. The molecule has 0 bridgehead atoms. The van der Waals surface area contributed by atoms with Crippen molar-refractivity contribution >= 4 is 34.5 Å². The number of hydrogen-bond donors (Lipinski definition) is 2. The van der Waals surface area contributed by atoms with Crippen molar-refractivity contribution in [2.45, 2.75) is 37.9 Å². The van der Waals surface area contributed by atoms with Crippen LogP contribution in [0.4, 0.5) is 11.6 Å². The van der Waals surface area contributed by atoms with Gasteiger partial charge in [0.1, 0.15) is 28.5 Å². The van der Waals surface area contributed by atoms with Crippen LogP contribution in [0.25, 0.3) is 11.0 Å². The molecule has 4 heterocycles. The lowest BCUT2D eigenvalue weighted by Gasteiger charge is -2.16. The average molecular weight is 698 g/mol. The Balaban J connectivity index is 1.10. The van der Waals surface area contributed by atoms with Crippen LogP contribution in [0, 0.1) is 11.3 Å². The van der Waals surface area contributed by atoms with Crippen molar-refractivity contribution in [3.05, 3.63) is 108 Å². The van der Waals surface area contributed by atoms with Crippen molar-refractivity contribution in [2.75, 3.05) is 44.4 Å². The van der Waals surface area contributed by atoms with Gasteiger partial charge >= 0.3 is 0 Å². The zero-order valence-corrected chi connectivity index (χ0v) is 29.0. The Hall–Kier alpha value is -6.26. The summed E-state index contributed by atoms with van der Waals surface area (Å²) in [6.07, 6.45) is 10.0. The first kappa shape index (κ1) is 34.2. The smallest absolute Gasteiger partial charge is 0.256 e. The maximum Gasteiger partial charge on any atom is 0.256 e. The highest BCUT2D eigenvalue weighted by molar-refractivity contribution is 6.04. The highest BCUT2D eigenvalue weighted by atomic mass is 16.5. The third-order valence-corrected chi connectivity index (χ3v) is 9.23. The van der Waals surface area contributed by atoms with Gasteiger partial charge in [0, 0.05) is 61.8 Å². The van der Waals surface area contributed by atoms with Crippen LogP contribution in [0.15, 0.2) is 91.3 Å². The van der Waals surface area contributed by atoms with Gasteiger partial charge in [-0.1, -0.05) is 18.2 Å². The van der Waals surface area contributed by atoms with Crippen molar-refractivity contribution in [1.29, 1.82) is 5.26 Å². The zero-order chi connectivity index (χ0) is 36.0. The van der Waals surface area contributed by atoms with Crippen LogP contribution in [0.5, 0.6) is 17.2 Å². The molecule has 2 aliphatic rings. The third kappa shape index (κ3) is 8.03. The predicted octanol–water partition coefficient (Wildman–Crippen LogP) is 5.46. The van der Waals surface area contributed by atoms with Gasteiger partial charge in [0.15, 0.2) is 11.5 Å². The maximum absolute atomic E-state index is 13.0. The van der Waals surface area contributed by atoms with E-state index in [0.29, 0.717) is 65.2 Å². The number of nitrogens with one attached hydrogen (secondary N) is 2. The molecule has 1 saturated heterocycles. The Morgan fingerprint density at radius 1 is 1.02 bits per heavy atom. The number of methoxy groups -OCH3 is 1. The number of pyridine rings is 2. The van der Waals surface area contributed by atoms with E-state index in [-0.39, 0.29) is 23.7 Å². The molecule has 2 fully saturated rings. The van der Waals surface area contributed by atoms with Gasteiger partial charge in [0.2, 0.25) is 5.91 Å². The lowest BCUT2D eigenvalue weighted by atomic mass is 10.2. The Morgan fingerprint density at radius 2 is 1.79 bits per heavy atom. The number of carbonyl (C=O) groups excluding carboxylic acids is 2. The molecule has 264 valence electrons. The first-order valence-electron chi connectivity index (χ1n) is 17.2. The summed E-state index contributed by atoms with van der Waals surface area (Å²) in [6, 6.07) is 22.1. The standard InChI is InChI=1S/C39H39N9O4/c1-46(30-9-10-30)20-3-4-35(49)47-21-17-29(25-47)43-37-36-33(16-19-42-38(36)48(45-37)24-26-5-11-31(51-2)12-6-26)52-32-13-7-28(8-14-32)39(50)44-34-22-27(23-40)15-18-41-34/h3-8,11-16,18-19,22,29-30H,9-10,17,20-21,24-25H2,1-2H3,(H,43,45)(H,41,44,50). The van der Waals surface area contributed by atoms with E-state index in [0.717, 1.165) is 24.3 Å². The van der Waals surface area contributed by atoms with E-state index in [1.807, 2.05) is 46.0 Å². The molecule has 0 radical (unpaired) electrons. The van der Waals surface area contributed by atoms with Gasteiger partial charge in [-0.15, -0.1) is 0 Å². The number of carbonyl (C=O) groups is 2. The van der Waals surface area contributed by atoms with Crippen molar-refractivity contribution in [3.8, 4) is 23.3 Å². The molecule has 13 heteroatoms. The molecule has 1 aliphatic heterocycles. The van der Waals surface area contributed by atoms with E-state index in [1.54, 1.807) is 55.8 Å². The summed E-state index contributed by atoms with van der Waals surface area (Å²) in [4.78, 5) is 38.9. The Morgan fingerprint density at radius 3 is 2.54 bits per heavy atom. The van der Waals surface area contributed by atoms with Crippen molar-refractivity contribution in [2.24, 2.45) is 0 Å². The van der Waals surface area contributed by atoms with Gasteiger partial charge in [-0.25, -0.2) is 14.6 Å². The summed E-state index contributed by atoms with van der Waals surface area (Å²) in [5.74, 6) is 2.36. The van der Waals surface area contributed by atoms with E-state index in [4.69, 9.17) is 24.8 Å². The van der Waals surface area contributed by atoms with Crippen LogP contribution in [0.2, 0.25) is 0 Å². The van der Waals surface area contributed by atoms with Crippen LogP contribution in [0.3, 0.4) is 0 Å². The number of fused-ring (bicyclic) bond motifs is 1. The van der Waals surface area contributed by atoms with Crippen molar-refractivity contribution < 1.29 is 19.1 Å². The lowest BCUT2D eigenvalue weighted by Crippen LogP contribution is -2.30. The molecular formula is C39H39N9O4. The van der Waals surface area contributed by atoms with Gasteiger partial charge in [0.25, 0.3) is 5.91 Å². The van der Waals surface area contributed by atoms with Crippen LogP contribution < -0.4 is 20.1 Å². The molecular weight excluding hydrogens is 658 g/mol. The van der Waals surface area contributed by atoms with Gasteiger partial charge in [-0.2, -0.15) is 10.4 Å². The molecule has 2 N–H and O–H groups in total. The Bertz CT molecular complexity index is 2140. The maximum atomic E-state index is 13.0. The van der Waals surface area contributed by atoms with Crippen LogP contribution >= 0.6 is 0 Å². The fraction of sp³-hybridized carbons (Fsp3) is 0.282. The molecule has 0 spiro atoms. The third-order valence-electron chi connectivity index (χ3n) is 9.23. The largest absolute Gasteiger partial charge is 0.497 e. The molecule has 2 aromatic carbocycles. The summed E-state index contributed by atoms with van der Waals surface area (Å²) in [5.41, 5.74) is 2.45. The topological polar surface area (TPSA) is 151 Å². The SMILES string of the molecule is COc1ccc(Cn2nc(NC3CCN(C(=O)C=CCN(C)C4CC4)C3)c3c(Oc4ccc(C(=O)Nc5cc(C#N)ccn5)cc4)ccnc32)cc1. The summed E-state index contributed by atoms with van der Waals surface area (Å²) in [7, 11) is 3.73. The minimum Gasteiger partial charge on any atom is -0.497 e. The normalized spacial score (nSPS) is 15.6. The average Bonchev–Trinajstić information content (AvgIpc) is 3.83. The van der Waals surface area contributed by atoms with Gasteiger partial charge in [-0.05, 0) is 80.4 Å². The van der Waals surface area contributed by atoms with Crippen LogP contribution in [-0.2, 0) is 11.3 Å². The summed E-state index contributed by atoms with van der Waals surface area (Å²) in [5, 5.41) is 21.1. The van der Waals surface area contributed by atoms with E-state index in [2.05, 4.69) is 27.6 Å². The zero-order valence-electron chi connectivity index (χ0n) is 29.0. The molecule has 1 atom stereocenters. The fourth-order valence-corrected chi connectivity index (χ4v) is 6.19. The van der Waals surface area contributed by atoms with Gasteiger partial charge in [-0.3, -0.25) is 14.5 Å². The Labute approximate surface area is 301 Å². The number of anilines is 2. The summed E-state index contributed by atoms with van der Waals surface area (Å²) >= 11 is 0. The number of nitriles is 1. The lowest BCUT2D eigenvalue weighted by molar-refractivity contribution is -0.125. The van der Waals surface area contributed by atoms with E-state index >= 15 is 0 Å².